The van der Waals surface area contributed by atoms with Crippen LogP contribution in [0.4, 0.5) is 0 Å². The Labute approximate surface area is 160 Å². The highest BCUT2D eigenvalue weighted by molar-refractivity contribution is 5.90. The highest BCUT2D eigenvalue weighted by Crippen LogP contribution is 2.27. The summed E-state index contributed by atoms with van der Waals surface area (Å²) in [5.74, 6) is 0.178. The number of aromatic nitrogens is 2. The molecule has 6 nitrogen and oxygen atoms in total. The number of fused-ring (bicyclic) bond motifs is 1. The van der Waals surface area contributed by atoms with Crippen LogP contribution in [0.25, 0.3) is 34.0 Å². The second-order valence-electron chi connectivity index (χ2n) is 6.29. The van der Waals surface area contributed by atoms with Crippen molar-refractivity contribution in [1.29, 1.82) is 5.26 Å². The lowest BCUT2D eigenvalue weighted by atomic mass is 10.0. The van der Waals surface area contributed by atoms with Crippen molar-refractivity contribution in [3.05, 3.63) is 77.3 Å². The van der Waals surface area contributed by atoms with Gasteiger partial charge in [-0.1, -0.05) is 24.3 Å². The van der Waals surface area contributed by atoms with Crippen LogP contribution in [0.15, 0.2) is 59.0 Å². The van der Waals surface area contributed by atoms with Gasteiger partial charge < -0.3 is 19.3 Å². The number of nitrogens with zero attached hydrogens (tertiary/aromatic N) is 2. The van der Waals surface area contributed by atoms with E-state index < -0.39 is 5.97 Å². The number of rotatable bonds is 4. The third-order valence-corrected chi connectivity index (χ3v) is 4.42. The van der Waals surface area contributed by atoms with E-state index in [2.05, 4.69) is 16.0 Å². The van der Waals surface area contributed by atoms with Crippen molar-refractivity contribution >= 4 is 28.7 Å². The number of hydrogen-bond donors (Lipinski definition) is 1. The quantitative estimate of drug-likeness (QED) is 0.554. The molecule has 2 aromatic heterocycles. The number of aromatic amines is 1. The van der Waals surface area contributed by atoms with E-state index >= 15 is 0 Å². The van der Waals surface area contributed by atoms with Gasteiger partial charge in [0.15, 0.2) is 0 Å². The van der Waals surface area contributed by atoms with E-state index in [9.17, 15) is 15.2 Å². The van der Waals surface area contributed by atoms with Gasteiger partial charge in [-0.15, -0.1) is 0 Å². The largest absolute Gasteiger partial charge is 0.545 e. The predicted octanol–water partition coefficient (Wildman–Crippen LogP) is 3.56. The highest BCUT2D eigenvalue weighted by Gasteiger charge is 2.11. The molecule has 0 aliphatic heterocycles. The maximum atomic E-state index is 11.2. The highest BCUT2D eigenvalue weighted by atomic mass is 16.4. The van der Waals surface area contributed by atoms with Crippen LogP contribution in [0.3, 0.4) is 0 Å². The zero-order valence-electron chi connectivity index (χ0n) is 14.9. The molecule has 0 radical (unpaired) electrons. The molecule has 4 aromatic rings. The zero-order valence-corrected chi connectivity index (χ0v) is 14.9. The molecule has 0 aliphatic rings. The number of carboxylic acid groups (broad SMARTS) is 1. The fourth-order valence-electron chi connectivity index (χ4n) is 2.96. The number of nitriles is 1. The Balaban J connectivity index is 1.69. The lowest BCUT2D eigenvalue weighted by molar-refractivity contribution is -0.255. The first-order valence-corrected chi connectivity index (χ1v) is 8.54. The summed E-state index contributed by atoms with van der Waals surface area (Å²) in [7, 11) is 0. The van der Waals surface area contributed by atoms with Crippen molar-refractivity contribution < 1.29 is 14.3 Å². The molecule has 1 N–H and O–H groups in total. The number of aromatic carboxylic acids is 1. The van der Waals surface area contributed by atoms with Crippen molar-refractivity contribution in [2.75, 3.05) is 0 Å². The third-order valence-electron chi connectivity index (χ3n) is 4.42. The van der Waals surface area contributed by atoms with E-state index in [1.807, 2.05) is 24.3 Å². The smallest absolute Gasteiger partial charge is 0.149 e. The summed E-state index contributed by atoms with van der Waals surface area (Å²) in [6.07, 6.45) is 1.59. The monoisotopic (exact) mass is 368 g/mol. The average Bonchev–Trinajstić information content (AvgIpc) is 3.33. The van der Waals surface area contributed by atoms with E-state index in [0.29, 0.717) is 34.0 Å². The number of carbonyl (C=O) groups excluding carboxylic acids is 1. The van der Waals surface area contributed by atoms with Crippen molar-refractivity contribution in [2.24, 2.45) is 0 Å². The number of para-hydroxylation sites is 2. The number of nitrogens with one attached hydrogen (secondary N) is 1. The van der Waals surface area contributed by atoms with Crippen LogP contribution in [0.2, 0.25) is 0 Å². The number of allylic oxidation sites excluding steroid dienone is 1. The van der Waals surface area contributed by atoms with Crippen LogP contribution in [-0.2, 0) is 0 Å². The SMILES string of the molecule is Cc1ccc(-c2ccc(/C=C(\C#N)c3nc4ccccc4[nH]3)o2)cc1C(=O)[O-]. The number of carboxylic acids is 1. The summed E-state index contributed by atoms with van der Waals surface area (Å²) in [5.41, 5.74) is 3.29. The Hall–Kier alpha value is -4.11. The average molecular weight is 368 g/mol. The molecule has 28 heavy (non-hydrogen) atoms. The number of benzene rings is 2. The Morgan fingerprint density at radius 3 is 2.79 bits per heavy atom. The van der Waals surface area contributed by atoms with E-state index in [4.69, 9.17) is 4.42 Å². The first-order chi connectivity index (χ1) is 13.5. The van der Waals surface area contributed by atoms with Crippen LogP contribution in [0, 0.1) is 18.3 Å². The summed E-state index contributed by atoms with van der Waals surface area (Å²) in [6.45, 7) is 1.71. The van der Waals surface area contributed by atoms with Gasteiger partial charge in [0, 0.05) is 17.2 Å². The van der Waals surface area contributed by atoms with Crippen LogP contribution in [-0.4, -0.2) is 15.9 Å². The van der Waals surface area contributed by atoms with Gasteiger partial charge in [-0.3, -0.25) is 0 Å². The zero-order chi connectivity index (χ0) is 19.7. The predicted molar refractivity (Wildman–Crippen MR) is 103 cm³/mol. The molecule has 0 atom stereocenters. The van der Waals surface area contributed by atoms with Gasteiger partial charge in [-0.2, -0.15) is 5.26 Å². The van der Waals surface area contributed by atoms with E-state index in [1.54, 1.807) is 37.3 Å². The molecule has 0 spiro atoms. The Morgan fingerprint density at radius 1 is 1.21 bits per heavy atom. The minimum Gasteiger partial charge on any atom is -0.545 e. The molecule has 2 aromatic carbocycles. The van der Waals surface area contributed by atoms with Gasteiger partial charge in [0.2, 0.25) is 0 Å². The molecule has 0 amide bonds. The number of carbonyl (C=O) groups is 1. The topological polar surface area (TPSA) is 106 Å². The van der Waals surface area contributed by atoms with Gasteiger partial charge in [-0.25, -0.2) is 4.98 Å². The van der Waals surface area contributed by atoms with E-state index in [0.717, 1.165) is 11.0 Å². The number of aryl methyl sites for hydroxylation is 1. The van der Waals surface area contributed by atoms with E-state index in [-0.39, 0.29) is 5.56 Å². The molecule has 2 heterocycles. The molecule has 4 rings (SSSR count). The summed E-state index contributed by atoms with van der Waals surface area (Å²) in [5, 5.41) is 20.8. The fourth-order valence-corrected chi connectivity index (χ4v) is 2.96. The Bertz CT molecular complexity index is 1240. The first-order valence-electron chi connectivity index (χ1n) is 8.54. The van der Waals surface area contributed by atoms with Gasteiger partial charge in [0.25, 0.3) is 0 Å². The van der Waals surface area contributed by atoms with Crippen LogP contribution >= 0.6 is 0 Å². The molecule has 0 unspecified atom stereocenters. The molecule has 0 saturated heterocycles. The van der Waals surface area contributed by atoms with Crippen molar-refractivity contribution in [2.45, 2.75) is 6.92 Å². The number of H-pyrrole nitrogens is 1. The van der Waals surface area contributed by atoms with Crippen molar-refractivity contribution in [3.8, 4) is 17.4 Å². The maximum Gasteiger partial charge on any atom is 0.149 e. The lowest BCUT2D eigenvalue weighted by Gasteiger charge is -2.08. The number of furan rings is 1. The molecule has 136 valence electrons. The minimum absolute atomic E-state index is 0.117. The molecular weight excluding hydrogens is 354 g/mol. The summed E-state index contributed by atoms with van der Waals surface area (Å²) in [6, 6.07) is 18.1. The summed E-state index contributed by atoms with van der Waals surface area (Å²) in [4.78, 5) is 18.8. The molecule has 0 saturated carbocycles. The van der Waals surface area contributed by atoms with Crippen molar-refractivity contribution in [1.82, 2.24) is 9.97 Å². The second-order valence-corrected chi connectivity index (χ2v) is 6.29. The lowest BCUT2D eigenvalue weighted by Crippen LogP contribution is -2.23. The fraction of sp³-hybridized carbons (Fsp3) is 0.0455. The minimum atomic E-state index is -1.23. The third kappa shape index (κ3) is 3.17. The summed E-state index contributed by atoms with van der Waals surface area (Å²) < 4.78 is 5.79. The molecule has 0 fully saturated rings. The normalized spacial score (nSPS) is 11.5. The Morgan fingerprint density at radius 2 is 2.04 bits per heavy atom. The van der Waals surface area contributed by atoms with Gasteiger partial charge in [0.05, 0.1) is 22.6 Å². The molecule has 6 heteroatoms. The van der Waals surface area contributed by atoms with Crippen LogP contribution in [0.5, 0.6) is 0 Å². The van der Waals surface area contributed by atoms with Gasteiger partial charge >= 0.3 is 0 Å². The van der Waals surface area contributed by atoms with Gasteiger partial charge in [0.1, 0.15) is 23.4 Å². The molecule has 0 bridgehead atoms. The summed E-state index contributed by atoms with van der Waals surface area (Å²) >= 11 is 0. The molecule has 0 aliphatic carbocycles. The standard InChI is InChI=1S/C22H15N3O3/c1-13-6-7-14(11-17(13)22(26)27)20-9-8-16(28-20)10-15(12-23)21-24-18-4-2-3-5-19(18)25-21/h2-11H,1H3,(H,24,25)(H,26,27)/p-1/b15-10+. The van der Waals surface area contributed by atoms with Gasteiger partial charge in [-0.05, 0) is 42.8 Å². The number of hydrogen-bond acceptors (Lipinski definition) is 5. The first kappa shape index (κ1) is 17.3. The van der Waals surface area contributed by atoms with Crippen LogP contribution < -0.4 is 5.11 Å². The maximum absolute atomic E-state index is 11.2. The van der Waals surface area contributed by atoms with E-state index in [1.165, 1.54) is 6.07 Å². The number of imidazole rings is 1. The Kier molecular flexibility index (Phi) is 4.26. The second kappa shape index (κ2) is 6.89. The van der Waals surface area contributed by atoms with Crippen molar-refractivity contribution in [3.63, 3.8) is 0 Å². The molecular formula is C22H14N3O3-. The van der Waals surface area contributed by atoms with Crippen LogP contribution in [0.1, 0.15) is 27.5 Å².